The van der Waals surface area contributed by atoms with Gasteiger partial charge in [0.2, 0.25) is 0 Å². The Balaban J connectivity index is 1.44. The van der Waals surface area contributed by atoms with Crippen LogP contribution < -0.4 is 10.4 Å². The minimum absolute atomic E-state index is 0.0752. The second kappa shape index (κ2) is 10.8. The average molecular weight is 499 g/mol. The lowest BCUT2D eigenvalue weighted by atomic mass is 10.1. The molecule has 3 aromatic carbocycles. The van der Waals surface area contributed by atoms with Gasteiger partial charge < -0.3 is 14.3 Å². The predicted molar refractivity (Wildman–Crippen MR) is 134 cm³/mol. The lowest BCUT2D eigenvalue weighted by molar-refractivity contribution is 0.306. The number of hydrogen-bond donors (Lipinski definition) is 1. The third kappa shape index (κ3) is 5.93. The zero-order valence-electron chi connectivity index (χ0n) is 17.5. The maximum absolute atomic E-state index is 12.2. The molecule has 0 spiro atoms. The van der Waals surface area contributed by atoms with Gasteiger partial charge in [-0.15, -0.1) is 11.8 Å². The third-order valence-electron chi connectivity index (χ3n) is 4.97. The largest absolute Gasteiger partial charge is 0.506 e. The van der Waals surface area contributed by atoms with E-state index in [1.165, 1.54) is 23.6 Å². The van der Waals surface area contributed by atoms with Crippen molar-refractivity contribution >= 4 is 35.0 Å². The van der Waals surface area contributed by atoms with Crippen LogP contribution >= 0.6 is 35.0 Å². The first-order valence-electron chi connectivity index (χ1n) is 10.2. The lowest BCUT2D eigenvalue weighted by Gasteiger charge is -2.10. The second-order valence-corrected chi connectivity index (χ2v) is 9.18. The molecule has 1 heterocycles. The standard InChI is InChI=1S/C26H20Cl2O4S/c27-22-11-6-18(14-23(22)28)15-31-20-9-7-19(8-10-20)21-16-32-26(30)25(24(21)29)33-13-12-17-4-2-1-3-5-17/h1-11,14,16,29H,12-13,15H2. The van der Waals surface area contributed by atoms with Crippen molar-refractivity contribution in [3.63, 3.8) is 0 Å². The number of aryl methyl sites for hydroxylation is 1. The van der Waals surface area contributed by atoms with Crippen molar-refractivity contribution in [3.05, 3.63) is 111 Å². The monoisotopic (exact) mass is 498 g/mol. The molecule has 0 aliphatic heterocycles. The summed E-state index contributed by atoms with van der Waals surface area (Å²) in [4.78, 5) is 12.4. The van der Waals surface area contributed by atoms with Gasteiger partial charge >= 0.3 is 5.63 Å². The van der Waals surface area contributed by atoms with Crippen molar-refractivity contribution in [1.82, 2.24) is 0 Å². The predicted octanol–water partition coefficient (Wildman–Crippen LogP) is 7.23. The van der Waals surface area contributed by atoms with Crippen LogP contribution in [0.5, 0.6) is 11.5 Å². The Hall–Kier alpha value is -2.86. The molecule has 0 bridgehead atoms. The molecule has 0 aliphatic carbocycles. The molecule has 0 amide bonds. The number of aromatic hydroxyl groups is 1. The average Bonchev–Trinajstić information content (AvgIpc) is 2.83. The van der Waals surface area contributed by atoms with Crippen LogP contribution in [-0.4, -0.2) is 10.9 Å². The molecule has 4 rings (SSSR count). The van der Waals surface area contributed by atoms with Gasteiger partial charge in [-0.3, -0.25) is 0 Å². The molecule has 168 valence electrons. The van der Waals surface area contributed by atoms with Gasteiger partial charge in [-0.05, 0) is 47.4 Å². The highest BCUT2D eigenvalue weighted by molar-refractivity contribution is 7.99. The first kappa shape index (κ1) is 23.3. The van der Waals surface area contributed by atoms with E-state index in [9.17, 15) is 9.90 Å². The molecule has 4 aromatic rings. The van der Waals surface area contributed by atoms with E-state index in [4.69, 9.17) is 32.4 Å². The van der Waals surface area contributed by atoms with Crippen molar-refractivity contribution in [2.75, 3.05) is 5.75 Å². The van der Waals surface area contributed by atoms with Crippen LogP contribution in [-0.2, 0) is 13.0 Å². The Morgan fingerprint density at radius 2 is 1.67 bits per heavy atom. The number of halogens is 2. The molecule has 0 atom stereocenters. The molecule has 0 saturated carbocycles. The smallest absolute Gasteiger partial charge is 0.353 e. The van der Waals surface area contributed by atoms with E-state index in [1.54, 1.807) is 36.4 Å². The number of thioether (sulfide) groups is 1. The first-order valence-corrected chi connectivity index (χ1v) is 11.9. The second-order valence-electron chi connectivity index (χ2n) is 7.26. The molecule has 0 saturated heterocycles. The van der Waals surface area contributed by atoms with E-state index in [-0.39, 0.29) is 10.6 Å². The van der Waals surface area contributed by atoms with Crippen molar-refractivity contribution in [1.29, 1.82) is 0 Å². The van der Waals surface area contributed by atoms with Crippen LogP contribution in [0.3, 0.4) is 0 Å². The Morgan fingerprint density at radius 1 is 0.909 bits per heavy atom. The fourth-order valence-corrected chi connectivity index (χ4v) is 4.49. The van der Waals surface area contributed by atoms with Crippen LogP contribution in [0, 0.1) is 0 Å². The topological polar surface area (TPSA) is 59.7 Å². The van der Waals surface area contributed by atoms with Crippen LogP contribution in [0.1, 0.15) is 11.1 Å². The molecule has 0 radical (unpaired) electrons. The zero-order chi connectivity index (χ0) is 23.2. The van der Waals surface area contributed by atoms with Crippen molar-refractivity contribution in [2.45, 2.75) is 17.9 Å². The molecule has 33 heavy (non-hydrogen) atoms. The van der Waals surface area contributed by atoms with Gasteiger partial charge in [0.05, 0.1) is 15.6 Å². The number of benzene rings is 3. The van der Waals surface area contributed by atoms with Gasteiger partial charge in [-0.25, -0.2) is 4.79 Å². The molecular weight excluding hydrogens is 479 g/mol. The van der Waals surface area contributed by atoms with E-state index in [0.29, 0.717) is 39.3 Å². The molecular formula is C26H20Cl2O4S. The first-order chi connectivity index (χ1) is 16.0. The highest BCUT2D eigenvalue weighted by Gasteiger charge is 2.16. The number of rotatable bonds is 8. The van der Waals surface area contributed by atoms with Gasteiger partial charge in [-0.2, -0.15) is 0 Å². The third-order valence-corrected chi connectivity index (χ3v) is 6.77. The van der Waals surface area contributed by atoms with Crippen molar-refractivity contribution < 1.29 is 14.3 Å². The summed E-state index contributed by atoms with van der Waals surface area (Å²) < 4.78 is 11.0. The Morgan fingerprint density at radius 3 is 2.39 bits per heavy atom. The summed E-state index contributed by atoms with van der Waals surface area (Å²) in [6, 6.07) is 22.5. The van der Waals surface area contributed by atoms with Crippen LogP contribution in [0.25, 0.3) is 11.1 Å². The molecule has 0 aliphatic rings. The molecule has 7 heteroatoms. The zero-order valence-corrected chi connectivity index (χ0v) is 19.8. The summed E-state index contributed by atoms with van der Waals surface area (Å²) >= 11 is 13.3. The van der Waals surface area contributed by atoms with Gasteiger partial charge in [-0.1, -0.05) is 71.7 Å². The van der Waals surface area contributed by atoms with Crippen molar-refractivity contribution in [3.8, 4) is 22.6 Å². The van der Waals surface area contributed by atoms with Crippen molar-refractivity contribution in [2.24, 2.45) is 0 Å². The van der Waals surface area contributed by atoms with Crippen LogP contribution in [0.4, 0.5) is 0 Å². The number of hydrogen-bond acceptors (Lipinski definition) is 5. The highest BCUT2D eigenvalue weighted by Crippen LogP contribution is 2.36. The van der Waals surface area contributed by atoms with Gasteiger partial charge in [0.15, 0.2) is 0 Å². The fraction of sp³-hybridized carbons (Fsp3) is 0.115. The normalized spacial score (nSPS) is 10.8. The number of ether oxygens (including phenoxy) is 1. The van der Waals surface area contributed by atoms with Gasteiger partial charge in [0.25, 0.3) is 0 Å². The SMILES string of the molecule is O=c1occ(-c2ccc(OCc3ccc(Cl)c(Cl)c3)cc2)c(O)c1SCCc1ccccc1. The highest BCUT2D eigenvalue weighted by atomic mass is 35.5. The Kier molecular flexibility index (Phi) is 7.65. The summed E-state index contributed by atoms with van der Waals surface area (Å²) in [6.45, 7) is 0.337. The van der Waals surface area contributed by atoms with E-state index in [1.807, 2.05) is 36.4 Å². The summed E-state index contributed by atoms with van der Waals surface area (Å²) in [5.74, 6) is 1.22. The Bertz CT molecular complexity index is 1290. The van der Waals surface area contributed by atoms with Gasteiger partial charge in [0, 0.05) is 5.75 Å². The van der Waals surface area contributed by atoms with E-state index in [0.717, 1.165) is 12.0 Å². The summed E-state index contributed by atoms with van der Waals surface area (Å²) in [5, 5.41) is 11.7. The van der Waals surface area contributed by atoms with E-state index in [2.05, 4.69) is 0 Å². The Labute approximate surface area is 205 Å². The summed E-state index contributed by atoms with van der Waals surface area (Å²) in [5.41, 5.74) is 2.68. The minimum Gasteiger partial charge on any atom is -0.506 e. The van der Waals surface area contributed by atoms with Gasteiger partial charge in [0.1, 0.15) is 29.3 Å². The molecule has 1 aromatic heterocycles. The molecule has 4 nitrogen and oxygen atoms in total. The summed E-state index contributed by atoms with van der Waals surface area (Å²) in [7, 11) is 0. The minimum atomic E-state index is -0.545. The summed E-state index contributed by atoms with van der Waals surface area (Å²) in [6.07, 6.45) is 2.06. The van der Waals surface area contributed by atoms with Crippen LogP contribution in [0.2, 0.25) is 10.0 Å². The van der Waals surface area contributed by atoms with E-state index < -0.39 is 5.63 Å². The van der Waals surface area contributed by atoms with E-state index >= 15 is 0 Å². The molecule has 1 N–H and O–H groups in total. The fourth-order valence-electron chi connectivity index (χ4n) is 3.22. The van der Waals surface area contributed by atoms with Crippen LogP contribution in [0.15, 0.2) is 93.2 Å². The maximum Gasteiger partial charge on any atom is 0.353 e. The molecule has 0 unspecified atom stereocenters. The molecule has 0 fully saturated rings. The quantitative estimate of drug-likeness (QED) is 0.259. The lowest BCUT2D eigenvalue weighted by Crippen LogP contribution is -2.03. The maximum atomic E-state index is 12.2.